The fourth-order valence-corrected chi connectivity index (χ4v) is 4.33. The lowest BCUT2D eigenvalue weighted by Crippen LogP contribution is -2.38. The van der Waals surface area contributed by atoms with Crippen LogP contribution < -0.4 is 14.4 Å². The number of furan rings is 1. The molecule has 1 fully saturated rings. The van der Waals surface area contributed by atoms with Gasteiger partial charge in [0.15, 0.2) is 24.8 Å². The Balaban J connectivity index is 1.32. The third kappa shape index (κ3) is 5.02. The first-order valence-electron chi connectivity index (χ1n) is 11.3. The second-order valence-electron chi connectivity index (χ2n) is 8.39. The van der Waals surface area contributed by atoms with Crippen molar-refractivity contribution in [2.75, 3.05) is 31.2 Å². The quantitative estimate of drug-likeness (QED) is 0.453. The van der Waals surface area contributed by atoms with Crippen LogP contribution in [0.4, 0.5) is 5.69 Å². The third-order valence-electron chi connectivity index (χ3n) is 5.97. The van der Waals surface area contributed by atoms with Gasteiger partial charge >= 0.3 is 0 Å². The van der Waals surface area contributed by atoms with Crippen molar-refractivity contribution in [2.24, 2.45) is 0 Å². The Labute approximate surface area is 207 Å². The van der Waals surface area contributed by atoms with Gasteiger partial charge in [-0.1, -0.05) is 17.7 Å². The van der Waals surface area contributed by atoms with Crippen LogP contribution in [0.25, 0.3) is 0 Å². The van der Waals surface area contributed by atoms with Crippen LogP contribution in [0.5, 0.6) is 11.5 Å². The number of benzene rings is 2. The van der Waals surface area contributed by atoms with Gasteiger partial charge in [0.2, 0.25) is 0 Å². The summed E-state index contributed by atoms with van der Waals surface area (Å²) in [6.07, 6.45) is 1.98. The van der Waals surface area contributed by atoms with Crippen molar-refractivity contribution in [2.45, 2.75) is 19.4 Å². The first kappa shape index (κ1) is 23.0. The van der Waals surface area contributed by atoms with Gasteiger partial charge in [-0.25, -0.2) is 0 Å². The van der Waals surface area contributed by atoms with Crippen LogP contribution in [0.1, 0.15) is 39.5 Å². The van der Waals surface area contributed by atoms with Crippen LogP contribution in [0.2, 0.25) is 5.02 Å². The molecule has 2 aliphatic heterocycles. The number of ether oxygens (including phenoxy) is 2. The van der Waals surface area contributed by atoms with Crippen molar-refractivity contribution in [1.29, 1.82) is 0 Å². The molecule has 8 nitrogen and oxygen atoms in total. The van der Waals surface area contributed by atoms with Crippen LogP contribution in [0.15, 0.2) is 59.0 Å². The Morgan fingerprint density at radius 2 is 1.86 bits per heavy atom. The van der Waals surface area contributed by atoms with E-state index >= 15 is 0 Å². The maximum absolute atomic E-state index is 12.8. The Hall–Kier alpha value is -3.78. The maximum atomic E-state index is 12.8. The summed E-state index contributed by atoms with van der Waals surface area (Å²) < 4.78 is 16.9. The summed E-state index contributed by atoms with van der Waals surface area (Å²) in [6.45, 7) is 1.25. The molecule has 35 heavy (non-hydrogen) atoms. The molecule has 0 atom stereocenters. The Kier molecular flexibility index (Phi) is 6.46. The zero-order valence-electron chi connectivity index (χ0n) is 18.9. The molecule has 0 N–H and O–H groups in total. The zero-order valence-corrected chi connectivity index (χ0v) is 19.6. The SMILES string of the molecule is O=C(COc1cccc(Cl)c1)c1ccc2c(c1)N(Cc1ccc(C(=O)N3CCCC3)o1)C(=O)CO2. The van der Waals surface area contributed by atoms with Crippen LogP contribution in [-0.2, 0) is 11.3 Å². The normalized spacial score (nSPS) is 15.1. The minimum Gasteiger partial charge on any atom is -0.485 e. The maximum Gasteiger partial charge on any atom is 0.289 e. The van der Waals surface area contributed by atoms with E-state index < -0.39 is 0 Å². The number of hydrogen-bond acceptors (Lipinski definition) is 6. The van der Waals surface area contributed by atoms with Gasteiger partial charge in [0.25, 0.3) is 11.8 Å². The molecule has 1 aromatic heterocycles. The number of carbonyl (C=O) groups excluding carboxylic acids is 3. The molecular weight excluding hydrogens is 472 g/mol. The fourth-order valence-electron chi connectivity index (χ4n) is 4.15. The second-order valence-corrected chi connectivity index (χ2v) is 8.82. The standard InChI is InChI=1S/C26H23ClN2O6/c27-18-4-3-5-19(13-18)33-15-22(30)17-6-8-23-21(12-17)29(25(31)16-34-23)14-20-7-9-24(35-20)26(32)28-10-1-2-11-28/h3-9,12-13H,1-2,10-11,14-16H2. The van der Waals surface area contributed by atoms with E-state index in [-0.39, 0.29) is 43.1 Å². The van der Waals surface area contributed by atoms with Crippen molar-refractivity contribution in [3.05, 3.63) is 76.7 Å². The number of fused-ring (bicyclic) bond motifs is 1. The monoisotopic (exact) mass is 494 g/mol. The number of likely N-dealkylation sites (tertiary alicyclic amines) is 1. The highest BCUT2D eigenvalue weighted by Crippen LogP contribution is 2.34. The molecule has 2 aromatic carbocycles. The van der Waals surface area contributed by atoms with Gasteiger partial charge in [-0.05, 0) is 61.4 Å². The van der Waals surface area contributed by atoms with Crippen molar-refractivity contribution >= 4 is 34.9 Å². The predicted octanol–water partition coefficient (Wildman–Crippen LogP) is 4.36. The average Bonchev–Trinajstić information content (AvgIpc) is 3.56. The van der Waals surface area contributed by atoms with Gasteiger partial charge in [-0.3, -0.25) is 19.3 Å². The second kappa shape index (κ2) is 9.84. The number of nitrogens with zero attached hydrogens (tertiary/aromatic N) is 2. The predicted molar refractivity (Wildman–Crippen MR) is 128 cm³/mol. The topological polar surface area (TPSA) is 89.3 Å². The third-order valence-corrected chi connectivity index (χ3v) is 6.20. The summed E-state index contributed by atoms with van der Waals surface area (Å²) in [5.74, 6) is 1.01. The van der Waals surface area contributed by atoms with E-state index in [9.17, 15) is 14.4 Å². The Morgan fingerprint density at radius 3 is 2.66 bits per heavy atom. The van der Waals surface area contributed by atoms with Crippen molar-refractivity contribution in [3.63, 3.8) is 0 Å². The van der Waals surface area contributed by atoms with Crippen LogP contribution >= 0.6 is 11.6 Å². The number of ketones is 1. The molecule has 9 heteroatoms. The highest BCUT2D eigenvalue weighted by molar-refractivity contribution is 6.30. The van der Waals surface area contributed by atoms with E-state index in [1.165, 1.54) is 4.90 Å². The number of rotatable bonds is 7. The molecule has 0 unspecified atom stereocenters. The van der Waals surface area contributed by atoms with Gasteiger partial charge in [-0.2, -0.15) is 0 Å². The summed E-state index contributed by atoms with van der Waals surface area (Å²) in [6, 6.07) is 15.0. The van der Waals surface area contributed by atoms with E-state index in [2.05, 4.69) is 0 Å². The van der Waals surface area contributed by atoms with Gasteiger partial charge in [-0.15, -0.1) is 0 Å². The summed E-state index contributed by atoms with van der Waals surface area (Å²) >= 11 is 5.96. The summed E-state index contributed by atoms with van der Waals surface area (Å²) in [7, 11) is 0. The average molecular weight is 495 g/mol. The molecule has 0 spiro atoms. The largest absolute Gasteiger partial charge is 0.485 e. The highest BCUT2D eigenvalue weighted by Gasteiger charge is 2.29. The molecule has 0 radical (unpaired) electrons. The van der Waals surface area contributed by atoms with E-state index in [1.807, 2.05) is 0 Å². The molecule has 1 saturated heterocycles. The molecule has 0 saturated carbocycles. The molecular formula is C26H23ClN2O6. The first-order chi connectivity index (χ1) is 17.0. The first-order valence-corrected chi connectivity index (χ1v) is 11.7. The lowest BCUT2D eigenvalue weighted by atomic mass is 10.1. The smallest absolute Gasteiger partial charge is 0.289 e. The van der Waals surface area contributed by atoms with E-state index in [1.54, 1.807) is 59.5 Å². The van der Waals surface area contributed by atoms with E-state index in [0.29, 0.717) is 33.5 Å². The van der Waals surface area contributed by atoms with Gasteiger partial charge in [0, 0.05) is 23.7 Å². The fraction of sp³-hybridized carbons (Fsp3) is 0.269. The van der Waals surface area contributed by atoms with Crippen LogP contribution in [-0.4, -0.2) is 48.8 Å². The zero-order chi connectivity index (χ0) is 24.4. The summed E-state index contributed by atoms with van der Waals surface area (Å²) in [5.41, 5.74) is 0.831. The van der Waals surface area contributed by atoms with E-state index in [0.717, 1.165) is 25.9 Å². The number of carbonyl (C=O) groups is 3. The number of amides is 2. The molecule has 0 aliphatic carbocycles. The summed E-state index contributed by atoms with van der Waals surface area (Å²) in [5, 5.41) is 0.512. The van der Waals surface area contributed by atoms with Crippen molar-refractivity contribution in [1.82, 2.24) is 4.90 Å². The van der Waals surface area contributed by atoms with Crippen molar-refractivity contribution < 1.29 is 28.3 Å². The van der Waals surface area contributed by atoms with Crippen LogP contribution in [0.3, 0.4) is 0 Å². The lowest BCUT2D eigenvalue weighted by Gasteiger charge is -2.29. The Bertz CT molecular complexity index is 1280. The van der Waals surface area contributed by atoms with Crippen molar-refractivity contribution in [3.8, 4) is 11.5 Å². The van der Waals surface area contributed by atoms with Gasteiger partial charge in [0.1, 0.15) is 17.3 Å². The minimum absolute atomic E-state index is 0.110. The van der Waals surface area contributed by atoms with Crippen LogP contribution in [0, 0.1) is 0 Å². The molecule has 2 aliphatic rings. The Morgan fingerprint density at radius 1 is 1.03 bits per heavy atom. The molecule has 3 heterocycles. The molecule has 2 amide bonds. The molecule has 3 aromatic rings. The minimum atomic E-state index is -0.277. The van der Waals surface area contributed by atoms with Gasteiger partial charge < -0.3 is 18.8 Å². The number of anilines is 1. The van der Waals surface area contributed by atoms with E-state index in [4.69, 9.17) is 25.5 Å². The molecule has 5 rings (SSSR count). The lowest BCUT2D eigenvalue weighted by molar-refractivity contribution is -0.121. The number of Topliss-reactive ketones (excluding diaryl/α,β-unsaturated/α-hetero) is 1. The molecule has 0 bridgehead atoms. The highest BCUT2D eigenvalue weighted by atomic mass is 35.5. The summed E-state index contributed by atoms with van der Waals surface area (Å²) in [4.78, 5) is 41.3. The molecule has 180 valence electrons. The van der Waals surface area contributed by atoms with Gasteiger partial charge in [0.05, 0.1) is 12.2 Å². The number of hydrogen-bond donors (Lipinski definition) is 0. The number of halogens is 1.